The zero-order valence-electron chi connectivity index (χ0n) is 16.4. The van der Waals surface area contributed by atoms with Crippen molar-refractivity contribution < 1.29 is 14.4 Å². The summed E-state index contributed by atoms with van der Waals surface area (Å²) in [4.78, 5) is 39.9. The van der Waals surface area contributed by atoms with Crippen LogP contribution >= 0.6 is 11.6 Å². The molecule has 3 atom stereocenters. The van der Waals surface area contributed by atoms with Gasteiger partial charge in [0.2, 0.25) is 11.8 Å². The number of fused-ring (bicyclic) bond motifs is 1. The molecule has 0 unspecified atom stereocenters. The van der Waals surface area contributed by atoms with Gasteiger partial charge in [-0.2, -0.15) is 0 Å². The lowest BCUT2D eigenvalue weighted by atomic mass is 9.76. The molecular weight excluding hydrogens is 388 g/mol. The lowest BCUT2D eigenvalue weighted by Crippen LogP contribution is -2.31. The molecule has 1 aliphatic carbocycles. The van der Waals surface area contributed by atoms with Crippen LogP contribution in [0.3, 0.4) is 0 Å². The summed E-state index contributed by atoms with van der Waals surface area (Å²) in [6.45, 7) is 3.96. The zero-order valence-corrected chi connectivity index (χ0v) is 17.2. The molecule has 2 aromatic carbocycles. The third-order valence-electron chi connectivity index (χ3n) is 6.07. The third-order valence-corrected chi connectivity index (χ3v) is 6.48. The summed E-state index contributed by atoms with van der Waals surface area (Å²) in [6, 6.07) is 12.0. The quantitative estimate of drug-likeness (QED) is 0.737. The normalized spacial score (nSPS) is 23.8. The number of hydrogen-bond acceptors (Lipinski definition) is 3. The monoisotopic (exact) mass is 410 g/mol. The van der Waals surface area contributed by atoms with E-state index in [1.807, 2.05) is 6.92 Å². The molecule has 1 saturated heterocycles. The fourth-order valence-electron chi connectivity index (χ4n) is 4.37. The number of benzene rings is 2. The van der Waals surface area contributed by atoms with Crippen LogP contribution in [0.25, 0.3) is 0 Å². The maximum absolute atomic E-state index is 12.9. The molecule has 29 heavy (non-hydrogen) atoms. The van der Waals surface area contributed by atoms with Gasteiger partial charge >= 0.3 is 0 Å². The molecule has 2 aliphatic rings. The van der Waals surface area contributed by atoms with Gasteiger partial charge in [0.1, 0.15) is 0 Å². The van der Waals surface area contributed by atoms with Crippen LogP contribution in [-0.2, 0) is 9.59 Å². The molecule has 0 spiro atoms. The number of nitrogens with zero attached hydrogens (tertiary/aromatic N) is 1. The number of halogens is 1. The highest BCUT2D eigenvalue weighted by Crippen LogP contribution is 2.42. The Morgan fingerprint density at radius 2 is 1.79 bits per heavy atom. The molecule has 1 N–H and O–H groups in total. The molecule has 2 fully saturated rings. The molecule has 150 valence electrons. The molecule has 5 nitrogen and oxygen atoms in total. The maximum atomic E-state index is 12.9. The van der Waals surface area contributed by atoms with Gasteiger partial charge in [-0.15, -0.1) is 0 Å². The number of anilines is 2. The van der Waals surface area contributed by atoms with Gasteiger partial charge < -0.3 is 5.32 Å². The molecular formula is C23H23ClN2O3. The number of rotatable bonds is 3. The topological polar surface area (TPSA) is 66.5 Å². The highest BCUT2D eigenvalue weighted by molar-refractivity contribution is 6.31. The fourth-order valence-corrected chi connectivity index (χ4v) is 4.54. The van der Waals surface area contributed by atoms with Crippen molar-refractivity contribution in [3.05, 3.63) is 58.6 Å². The number of amides is 3. The predicted octanol–water partition coefficient (Wildman–Crippen LogP) is 4.83. The molecule has 0 radical (unpaired) electrons. The van der Waals surface area contributed by atoms with Gasteiger partial charge in [-0.05, 0) is 68.0 Å². The average molecular weight is 411 g/mol. The summed E-state index contributed by atoms with van der Waals surface area (Å²) in [7, 11) is 0. The molecule has 6 heteroatoms. The molecule has 1 saturated carbocycles. The van der Waals surface area contributed by atoms with E-state index in [9.17, 15) is 14.4 Å². The van der Waals surface area contributed by atoms with Crippen LogP contribution < -0.4 is 10.2 Å². The molecule has 4 rings (SSSR count). The fraction of sp³-hybridized carbons (Fsp3) is 0.348. The van der Waals surface area contributed by atoms with E-state index < -0.39 is 0 Å². The SMILES string of the molecule is Cc1c(Cl)cccc1NC(=O)c1cccc(N2C(=O)[C@H]3C[C@H](C)CC[C@H]3C2=O)c1. The van der Waals surface area contributed by atoms with Crippen LogP contribution in [-0.4, -0.2) is 17.7 Å². The van der Waals surface area contributed by atoms with E-state index >= 15 is 0 Å². The summed E-state index contributed by atoms with van der Waals surface area (Å²) in [5.41, 5.74) is 2.24. The second-order valence-corrected chi connectivity index (χ2v) is 8.47. The van der Waals surface area contributed by atoms with Crippen molar-refractivity contribution in [2.75, 3.05) is 10.2 Å². The van der Waals surface area contributed by atoms with E-state index in [0.29, 0.717) is 27.9 Å². The third kappa shape index (κ3) is 3.55. The van der Waals surface area contributed by atoms with Gasteiger partial charge in [0, 0.05) is 16.3 Å². The summed E-state index contributed by atoms with van der Waals surface area (Å²) in [6.07, 6.45) is 2.47. The predicted molar refractivity (Wildman–Crippen MR) is 113 cm³/mol. The Labute approximate surface area is 175 Å². The van der Waals surface area contributed by atoms with E-state index in [-0.39, 0.29) is 29.6 Å². The minimum atomic E-state index is -0.317. The van der Waals surface area contributed by atoms with Crippen LogP contribution in [0.15, 0.2) is 42.5 Å². The Morgan fingerprint density at radius 1 is 1.07 bits per heavy atom. The van der Waals surface area contributed by atoms with Crippen LogP contribution in [0.2, 0.25) is 5.02 Å². The number of hydrogen-bond donors (Lipinski definition) is 1. The van der Waals surface area contributed by atoms with Crippen LogP contribution in [0.1, 0.15) is 42.1 Å². The molecule has 0 aromatic heterocycles. The van der Waals surface area contributed by atoms with Crippen molar-refractivity contribution in [3.8, 4) is 0 Å². The lowest BCUT2D eigenvalue weighted by Gasteiger charge is -2.25. The van der Waals surface area contributed by atoms with Crippen LogP contribution in [0, 0.1) is 24.7 Å². The smallest absolute Gasteiger partial charge is 0.255 e. The standard InChI is InChI=1S/C23H23ClN2O3/c1-13-9-10-17-18(11-13)23(29)26(22(17)28)16-6-3-5-15(12-16)21(27)25-20-8-4-7-19(24)14(20)2/h3-8,12-13,17-18H,9-11H2,1-2H3,(H,25,27)/t13-,17-,18+/m1/s1. The van der Waals surface area contributed by atoms with Gasteiger partial charge in [-0.25, -0.2) is 0 Å². The van der Waals surface area contributed by atoms with Gasteiger partial charge in [0.15, 0.2) is 0 Å². The van der Waals surface area contributed by atoms with Crippen LogP contribution in [0.5, 0.6) is 0 Å². The maximum Gasteiger partial charge on any atom is 0.255 e. The Balaban J connectivity index is 1.59. The Bertz CT molecular complexity index is 1000. The molecule has 1 aliphatic heterocycles. The number of carbonyl (C=O) groups excluding carboxylic acids is 3. The summed E-state index contributed by atoms with van der Waals surface area (Å²) >= 11 is 6.12. The van der Waals surface area contributed by atoms with Crippen molar-refractivity contribution >= 4 is 40.7 Å². The number of imide groups is 1. The highest BCUT2D eigenvalue weighted by atomic mass is 35.5. The van der Waals surface area contributed by atoms with E-state index in [0.717, 1.165) is 24.8 Å². The first-order valence-electron chi connectivity index (χ1n) is 9.91. The number of carbonyl (C=O) groups is 3. The molecule has 2 aromatic rings. The second-order valence-electron chi connectivity index (χ2n) is 8.06. The van der Waals surface area contributed by atoms with Crippen molar-refractivity contribution in [1.82, 2.24) is 0 Å². The largest absolute Gasteiger partial charge is 0.322 e. The Morgan fingerprint density at radius 3 is 2.59 bits per heavy atom. The first-order valence-corrected chi connectivity index (χ1v) is 10.3. The van der Waals surface area contributed by atoms with Gasteiger partial charge in [0.05, 0.1) is 17.5 Å². The molecule has 1 heterocycles. The van der Waals surface area contributed by atoms with E-state index in [2.05, 4.69) is 12.2 Å². The Hall–Kier alpha value is -2.66. The summed E-state index contributed by atoms with van der Waals surface area (Å²) < 4.78 is 0. The van der Waals surface area contributed by atoms with Crippen molar-refractivity contribution in [2.45, 2.75) is 33.1 Å². The minimum absolute atomic E-state index is 0.143. The van der Waals surface area contributed by atoms with Crippen LogP contribution in [0.4, 0.5) is 11.4 Å². The van der Waals surface area contributed by atoms with Gasteiger partial charge in [0.25, 0.3) is 5.91 Å². The van der Waals surface area contributed by atoms with Crippen molar-refractivity contribution in [1.29, 1.82) is 0 Å². The minimum Gasteiger partial charge on any atom is -0.322 e. The molecule has 3 amide bonds. The van der Waals surface area contributed by atoms with Crippen molar-refractivity contribution in [2.24, 2.45) is 17.8 Å². The second kappa shape index (κ2) is 7.64. The first kappa shape index (κ1) is 19.6. The van der Waals surface area contributed by atoms with Crippen molar-refractivity contribution in [3.63, 3.8) is 0 Å². The number of nitrogens with one attached hydrogen (secondary N) is 1. The van der Waals surface area contributed by atoms with E-state index in [4.69, 9.17) is 11.6 Å². The van der Waals surface area contributed by atoms with Gasteiger partial charge in [-0.1, -0.05) is 30.7 Å². The van der Waals surface area contributed by atoms with Gasteiger partial charge in [-0.3, -0.25) is 19.3 Å². The van der Waals surface area contributed by atoms with E-state index in [1.165, 1.54) is 4.90 Å². The summed E-state index contributed by atoms with van der Waals surface area (Å²) in [5, 5.41) is 3.42. The zero-order chi connectivity index (χ0) is 20.7. The Kier molecular flexibility index (Phi) is 5.17. The highest BCUT2D eigenvalue weighted by Gasteiger charge is 2.50. The van der Waals surface area contributed by atoms with E-state index in [1.54, 1.807) is 42.5 Å². The summed E-state index contributed by atoms with van der Waals surface area (Å²) in [5.74, 6) is -0.624. The first-order chi connectivity index (χ1) is 13.9. The molecule has 0 bridgehead atoms. The average Bonchev–Trinajstić information content (AvgIpc) is 2.95. The lowest BCUT2D eigenvalue weighted by molar-refractivity contribution is -0.122.